The number of nitrogens with zero attached hydrogens (tertiary/aromatic N) is 1. The van der Waals surface area contributed by atoms with Gasteiger partial charge in [-0.1, -0.05) is 6.92 Å². The summed E-state index contributed by atoms with van der Waals surface area (Å²) in [4.78, 5) is 14.1. The Hall–Kier alpha value is -0.610. The van der Waals surface area contributed by atoms with E-state index in [1.54, 1.807) is 0 Å². The topological polar surface area (TPSA) is 52.6 Å². The molecule has 2 saturated carbocycles. The van der Waals surface area contributed by atoms with Crippen molar-refractivity contribution in [1.29, 1.82) is 0 Å². The van der Waals surface area contributed by atoms with Gasteiger partial charge in [0.05, 0.1) is 0 Å². The summed E-state index contributed by atoms with van der Waals surface area (Å²) in [6, 6.07) is 0.834. The molecule has 0 radical (unpaired) electrons. The fourth-order valence-corrected chi connectivity index (χ4v) is 2.74. The Morgan fingerprint density at radius 1 is 1.39 bits per heavy atom. The molecule has 1 atom stereocenters. The van der Waals surface area contributed by atoms with Gasteiger partial charge in [0, 0.05) is 18.6 Å². The van der Waals surface area contributed by atoms with Crippen molar-refractivity contribution in [3.05, 3.63) is 0 Å². The van der Waals surface area contributed by atoms with Crippen molar-refractivity contribution in [3.8, 4) is 0 Å². The predicted octanol–water partition coefficient (Wildman–Crippen LogP) is 1.70. The molecule has 0 aromatic rings. The first kappa shape index (κ1) is 13.8. The third kappa shape index (κ3) is 2.86. The van der Waals surface area contributed by atoms with Crippen molar-refractivity contribution in [1.82, 2.24) is 10.2 Å². The van der Waals surface area contributed by atoms with E-state index in [1.807, 2.05) is 0 Å². The van der Waals surface area contributed by atoms with Crippen LogP contribution in [0, 0.1) is 5.92 Å². The van der Waals surface area contributed by atoms with Gasteiger partial charge in [0.2, 0.25) is 0 Å². The largest absolute Gasteiger partial charge is 0.480 e. The molecule has 2 aliphatic carbocycles. The molecule has 104 valence electrons. The van der Waals surface area contributed by atoms with E-state index in [-0.39, 0.29) is 0 Å². The number of aliphatic carboxylic acids is 1. The summed E-state index contributed by atoms with van der Waals surface area (Å²) in [6.45, 7) is 7.93. The summed E-state index contributed by atoms with van der Waals surface area (Å²) < 4.78 is 0. The zero-order valence-corrected chi connectivity index (χ0v) is 11.8. The van der Waals surface area contributed by atoms with E-state index >= 15 is 0 Å². The second-order valence-electron chi connectivity index (χ2n) is 6.13. The van der Waals surface area contributed by atoms with E-state index in [4.69, 9.17) is 0 Å². The smallest absolute Gasteiger partial charge is 0.325 e. The highest BCUT2D eigenvalue weighted by atomic mass is 16.4. The Bertz CT molecular complexity index is 311. The van der Waals surface area contributed by atoms with Crippen molar-refractivity contribution in [2.75, 3.05) is 13.1 Å². The van der Waals surface area contributed by atoms with Crippen LogP contribution in [0.3, 0.4) is 0 Å². The van der Waals surface area contributed by atoms with Crippen LogP contribution in [0.5, 0.6) is 0 Å². The number of rotatable bonds is 8. The molecule has 18 heavy (non-hydrogen) atoms. The van der Waals surface area contributed by atoms with E-state index in [2.05, 4.69) is 31.0 Å². The standard InChI is InChI=1S/C14H26N2O2/c1-4-16(10(2)3)9-14(13(17)18,11-5-6-11)15-12-7-8-12/h10-12,15H,4-9H2,1-3H3,(H,17,18). The third-order valence-electron chi connectivity index (χ3n) is 4.28. The van der Waals surface area contributed by atoms with Crippen LogP contribution in [-0.4, -0.2) is 46.7 Å². The van der Waals surface area contributed by atoms with E-state index in [1.165, 1.54) is 0 Å². The number of carboxylic acids is 1. The second kappa shape index (κ2) is 5.17. The lowest BCUT2D eigenvalue weighted by Gasteiger charge is -2.38. The van der Waals surface area contributed by atoms with Gasteiger partial charge in [-0.2, -0.15) is 0 Å². The molecule has 0 bridgehead atoms. The highest BCUT2D eigenvalue weighted by molar-refractivity contribution is 5.80. The van der Waals surface area contributed by atoms with Crippen LogP contribution >= 0.6 is 0 Å². The minimum absolute atomic E-state index is 0.323. The zero-order valence-electron chi connectivity index (χ0n) is 11.8. The monoisotopic (exact) mass is 254 g/mol. The SMILES string of the molecule is CCN(CC(NC1CC1)(C(=O)O)C1CC1)C(C)C. The first-order valence-electron chi connectivity index (χ1n) is 7.24. The molecule has 2 rings (SSSR count). The lowest BCUT2D eigenvalue weighted by molar-refractivity contribution is -0.147. The van der Waals surface area contributed by atoms with Crippen molar-refractivity contribution in [2.45, 2.75) is 64.1 Å². The summed E-state index contributed by atoms with van der Waals surface area (Å²) in [5.41, 5.74) is -0.707. The average molecular weight is 254 g/mol. The predicted molar refractivity (Wildman–Crippen MR) is 71.6 cm³/mol. The average Bonchev–Trinajstić information content (AvgIpc) is 3.14. The molecule has 0 heterocycles. The van der Waals surface area contributed by atoms with Crippen molar-refractivity contribution >= 4 is 5.97 Å². The van der Waals surface area contributed by atoms with Gasteiger partial charge in [0.25, 0.3) is 0 Å². The molecule has 0 aromatic carbocycles. The molecule has 1 unspecified atom stereocenters. The molecule has 0 aromatic heterocycles. The van der Waals surface area contributed by atoms with Gasteiger partial charge in [0.1, 0.15) is 5.54 Å². The first-order chi connectivity index (χ1) is 8.49. The van der Waals surface area contributed by atoms with Gasteiger partial charge >= 0.3 is 5.97 Å². The second-order valence-corrected chi connectivity index (χ2v) is 6.13. The lowest BCUT2D eigenvalue weighted by Crippen LogP contribution is -2.62. The molecule has 0 spiro atoms. The van der Waals surface area contributed by atoms with Gasteiger partial charge in [-0.05, 0) is 52.0 Å². The molecule has 2 fully saturated rings. The Morgan fingerprint density at radius 2 is 2.00 bits per heavy atom. The van der Waals surface area contributed by atoms with Gasteiger partial charge in [0.15, 0.2) is 0 Å². The van der Waals surface area contributed by atoms with Crippen LogP contribution in [0.1, 0.15) is 46.5 Å². The minimum Gasteiger partial charge on any atom is -0.480 e. The Morgan fingerprint density at radius 3 is 2.33 bits per heavy atom. The maximum Gasteiger partial charge on any atom is 0.325 e. The molecular formula is C14H26N2O2. The quantitative estimate of drug-likeness (QED) is 0.692. The van der Waals surface area contributed by atoms with Gasteiger partial charge < -0.3 is 5.11 Å². The summed E-state index contributed by atoms with van der Waals surface area (Å²) in [7, 11) is 0. The van der Waals surface area contributed by atoms with E-state index in [9.17, 15) is 9.90 Å². The number of nitrogens with one attached hydrogen (secondary N) is 1. The van der Waals surface area contributed by atoms with Gasteiger partial charge in [-0.3, -0.25) is 15.0 Å². The summed E-state index contributed by atoms with van der Waals surface area (Å²) in [5.74, 6) is -0.334. The molecular weight excluding hydrogens is 228 g/mol. The zero-order chi connectivity index (χ0) is 13.3. The Kier molecular flexibility index (Phi) is 3.97. The van der Waals surface area contributed by atoms with Crippen LogP contribution in [0.4, 0.5) is 0 Å². The summed E-state index contributed by atoms with van der Waals surface area (Å²) in [6.07, 6.45) is 4.38. The Balaban J connectivity index is 2.13. The molecule has 2 aliphatic rings. The van der Waals surface area contributed by atoms with Gasteiger partial charge in [-0.15, -0.1) is 0 Å². The highest BCUT2D eigenvalue weighted by Gasteiger charge is 2.53. The summed E-state index contributed by atoms with van der Waals surface area (Å²) in [5, 5.41) is 13.2. The normalized spacial score (nSPS) is 23.4. The fraction of sp³-hybridized carbons (Fsp3) is 0.929. The van der Waals surface area contributed by atoms with Crippen molar-refractivity contribution < 1.29 is 9.90 Å². The molecule has 0 aliphatic heterocycles. The van der Waals surface area contributed by atoms with Crippen LogP contribution in [0.25, 0.3) is 0 Å². The van der Waals surface area contributed by atoms with Crippen LogP contribution in [-0.2, 0) is 4.79 Å². The van der Waals surface area contributed by atoms with E-state index < -0.39 is 11.5 Å². The van der Waals surface area contributed by atoms with E-state index in [0.717, 1.165) is 32.2 Å². The van der Waals surface area contributed by atoms with E-state index in [0.29, 0.717) is 24.5 Å². The maximum atomic E-state index is 11.9. The number of carboxylic acid groups (broad SMARTS) is 1. The van der Waals surface area contributed by atoms with Crippen molar-refractivity contribution in [2.24, 2.45) is 5.92 Å². The van der Waals surface area contributed by atoms with Crippen LogP contribution < -0.4 is 5.32 Å². The minimum atomic E-state index is -0.707. The van der Waals surface area contributed by atoms with Crippen molar-refractivity contribution in [3.63, 3.8) is 0 Å². The summed E-state index contributed by atoms with van der Waals surface area (Å²) >= 11 is 0. The molecule has 0 amide bonds. The number of hydrogen-bond acceptors (Lipinski definition) is 3. The Labute approximate surface area is 110 Å². The molecule has 4 heteroatoms. The third-order valence-corrected chi connectivity index (χ3v) is 4.28. The maximum absolute atomic E-state index is 11.9. The van der Waals surface area contributed by atoms with Crippen LogP contribution in [0.2, 0.25) is 0 Å². The van der Waals surface area contributed by atoms with Gasteiger partial charge in [-0.25, -0.2) is 0 Å². The highest BCUT2D eigenvalue weighted by Crippen LogP contribution is 2.42. The molecule has 0 saturated heterocycles. The number of carbonyl (C=O) groups is 1. The molecule has 2 N–H and O–H groups in total. The molecule has 4 nitrogen and oxygen atoms in total. The fourth-order valence-electron chi connectivity index (χ4n) is 2.74. The first-order valence-corrected chi connectivity index (χ1v) is 7.24. The number of hydrogen-bond donors (Lipinski definition) is 2. The van der Waals surface area contributed by atoms with Crippen LogP contribution in [0.15, 0.2) is 0 Å². The number of likely N-dealkylation sites (N-methyl/N-ethyl adjacent to an activating group) is 1. The lowest BCUT2D eigenvalue weighted by atomic mass is 9.91.